The highest BCUT2D eigenvalue weighted by Crippen LogP contribution is 2.20. The van der Waals surface area contributed by atoms with Gasteiger partial charge in [0.25, 0.3) is 5.91 Å². The lowest BCUT2D eigenvalue weighted by Crippen LogP contribution is -2.33. The molecule has 0 aliphatic carbocycles. The molecule has 2 atom stereocenters. The lowest BCUT2D eigenvalue weighted by Gasteiger charge is -2.13. The summed E-state index contributed by atoms with van der Waals surface area (Å²) < 4.78 is 5.31. The summed E-state index contributed by atoms with van der Waals surface area (Å²) in [5, 5.41) is 11.9. The lowest BCUT2D eigenvalue weighted by atomic mass is 10.1. The first-order chi connectivity index (χ1) is 9.47. The van der Waals surface area contributed by atoms with Gasteiger partial charge in [0.05, 0.1) is 16.7 Å². The number of halogens is 1. The van der Waals surface area contributed by atoms with Gasteiger partial charge in [-0.05, 0) is 37.5 Å². The van der Waals surface area contributed by atoms with E-state index in [0.29, 0.717) is 23.4 Å². The fraction of sp³-hybridized carbons (Fsp3) is 0.429. The molecule has 0 saturated carbocycles. The summed E-state index contributed by atoms with van der Waals surface area (Å²) in [6.07, 6.45) is 0.0733. The summed E-state index contributed by atoms with van der Waals surface area (Å²) in [4.78, 5) is 22.7. The van der Waals surface area contributed by atoms with Gasteiger partial charge in [-0.3, -0.25) is 4.79 Å². The summed E-state index contributed by atoms with van der Waals surface area (Å²) in [6.45, 7) is 2.18. The van der Waals surface area contributed by atoms with Crippen LogP contribution >= 0.6 is 11.6 Å². The molecule has 0 radical (unpaired) electrons. The van der Waals surface area contributed by atoms with Gasteiger partial charge in [-0.25, -0.2) is 4.79 Å². The van der Waals surface area contributed by atoms with Gasteiger partial charge in [0.15, 0.2) is 6.10 Å². The maximum atomic E-state index is 12.0. The summed E-state index contributed by atoms with van der Waals surface area (Å²) >= 11 is 6.01. The number of amides is 1. The Labute approximate surface area is 121 Å². The molecule has 5 nitrogen and oxygen atoms in total. The van der Waals surface area contributed by atoms with Crippen molar-refractivity contribution < 1.29 is 19.4 Å². The molecular weight excluding hydrogens is 282 g/mol. The van der Waals surface area contributed by atoms with Crippen molar-refractivity contribution in [1.29, 1.82) is 0 Å². The minimum Gasteiger partial charge on any atom is -0.479 e. The van der Waals surface area contributed by atoms with Crippen LogP contribution in [0.1, 0.15) is 28.8 Å². The Morgan fingerprint density at radius 2 is 2.20 bits per heavy atom. The van der Waals surface area contributed by atoms with Crippen LogP contribution in [-0.4, -0.2) is 35.7 Å². The van der Waals surface area contributed by atoms with E-state index in [1.54, 1.807) is 12.1 Å². The molecule has 1 saturated heterocycles. The Morgan fingerprint density at radius 3 is 2.80 bits per heavy atom. The van der Waals surface area contributed by atoms with E-state index < -0.39 is 12.1 Å². The van der Waals surface area contributed by atoms with Gasteiger partial charge >= 0.3 is 5.97 Å². The topological polar surface area (TPSA) is 75.6 Å². The van der Waals surface area contributed by atoms with Gasteiger partial charge in [0, 0.05) is 6.54 Å². The SMILES string of the molecule is Cc1ccc(C(=O)NCC2CCC(C(=O)O)O2)c(Cl)c1. The van der Waals surface area contributed by atoms with Crippen LogP contribution in [0, 0.1) is 6.92 Å². The summed E-state index contributed by atoms with van der Waals surface area (Å²) in [7, 11) is 0. The largest absolute Gasteiger partial charge is 0.479 e. The average molecular weight is 298 g/mol. The van der Waals surface area contributed by atoms with Crippen LogP contribution in [0.3, 0.4) is 0 Å². The van der Waals surface area contributed by atoms with Crippen molar-refractivity contribution in [3.63, 3.8) is 0 Å². The molecule has 1 aliphatic rings. The number of nitrogens with one attached hydrogen (secondary N) is 1. The third-order valence-electron chi connectivity index (χ3n) is 3.24. The first-order valence-electron chi connectivity index (χ1n) is 6.40. The molecule has 1 aromatic carbocycles. The molecule has 0 aromatic heterocycles. The molecule has 108 valence electrons. The first-order valence-corrected chi connectivity index (χ1v) is 6.78. The number of benzene rings is 1. The number of ether oxygens (including phenoxy) is 1. The van der Waals surface area contributed by atoms with E-state index in [9.17, 15) is 9.59 Å². The Morgan fingerprint density at radius 1 is 1.45 bits per heavy atom. The summed E-state index contributed by atoms with van der Waals surface area (Å²) in [5.41, 5.74) is 1.39. The third kappa shape index (κ3) is 3.49. The van der Waals surface area contributed by atoms with E-state index in [2.05, 4.69) is 5.32 Å². The maximum Gasteiger partial charge on any atom is 0.332 e. The second-order valence-electron chi connectivity index (χ2n) is 4.86. The van der Waals surface area contributed by atoms with Crippen molar-refractivity contribution in [2.75, 3.05) is 6.54 Å². The summed E-state index contributed by atoms with van der Waals surface area (Å²) in [5.74, 6) is -1.24. The number of aryl methyl sites for hydroxylation is 1. The number of carbonyl (C=O) groups is 2. The molecule has 2 rings (SSSR count). The summed E-state index contributed by atoms with van der Waals surface area (Å²) in [6, 6.07) is 5.21. The molecule has 0 spiro atoms. The quantitative estimate of drug-likeness (QED) is 0.891. The van der Waals surface area contributed by atoms with Gasteiger partial charge in [-0.2, -0.15) is 0 Å². The van der Waals surface area contributed by atoms with Crippen molar-refractivity contribution in [3.8, 4) is 0 Å². The van der Waals surface area contributed by atoms with Crippen LogP contribution in [0.2, 0.25) is 5.02 Å². The number of hydrogen-bond donors (Lipinski definition) is 2. The number of carboxylic acids is 1. The van der Waals surface area contributed by atoms with Gasteiger partial charge < -0.3 is 15.2 Å². The van der Waals surface area contributed by atoms with Crippen LogP contribution in [-0.2, 0) is 9.53 Å². The van der Waals surface area contributed by atoms with E-state index >= 15 is 0 Å². The highest BCUT2D eigenvalue weighted by Gasteiger charge is 2.30. The molecule has 1 aromatic rings. The van der Waals surface area contributed by atoms with Gasteiger partial charge in [-0.1, -0.05) is 17.7 Å². The Kier molecular flexibility index (Phi) is 4.62. The van der Waals surface area contributed by atoms with E-state index in [1.807, 2.05) is 13.0 Å². The number of hydrogen-bond acceptors (Lipinski definition) is 3. The predicted molar refractivity (Wildman–Crippen MR) is 74.1 cm³/mol. The second-order valence-corrected chi connectivity index (χ2v) is 5.26. The van der Waals surface area contributed by atoms with Crippen LogP contribution in [0.5, 0.6) is 0 Å². The molecule has 1 amide bonds. The zero-order chi connectivity index (χ0) is 14.7. The normalized spacial score (nSPS) is 21.7. The Hall–Kier alpha value is -1.59. The minimum atomic E-state index is -0.958. The fourth-order valence-corrected chi connectivity index (χ4v) is 2.46. The van der Waals surface area contributed by atoms with E-state index in [0.717, 1.165) is 5.56 Å². The monoisotopic (exact) mass is 297 g/mol. The van der Waals surface area contributed by atoms with Gasteiger partial charge in [-0.15, -0.1) is 0 Å². The van der Waals surface area contributed by atoms with Crippen molar-refractivity contribution in [1.82, 2.24) is 5.32 Å². The predicted octanol–water partition coefficient (Wildman–Crippen LogP) is 2.01. The van der Waals surface area contributed by atoms with E-state index in [1.165, 1.54) is 0 Å². The molecule has 2 N–H and O–H groups in total. The lowest BCUT2D eigenvalue weighted by molar-refractivity contribution is -0.149. The zero-order valence-electron chi connectivity index (χ0n) is 11.1. The van der Waals surface area contributed by atoms with Crippen molar-refractivity contribution in [2.45, 2.75) is 32.0 Å². The Bertz CT molecular complexity index is 532. The molecular formula is C14H16ClNO4. The molecule has 1 aliphatic heterocycles. The minimum absolute atomic E-state index is 0.260. The molecule has 6 heteroatoms. The van der Waals surface area contributed by atoms with Crippen LogP contribution in [0.15, 0.2) is 18.2 Å². The average Bonchev–Trinajstić information content (AvgIpc) is 2.85. The third-order valence-corrected chi connectivity index (χ3v) is 3.56. The molecule has 1 fully saturated rings. The van der Waals surface area contributed by atoms with Gasteiger partial charge in [0.1, 0.15) is 0 Å². The highest BCUT2D eigenvalue weighted by molar-refractivity contribution is 6.33. The maximum absolute atomic E-state index is 12.0. The van der Waals surface area contributed by atoms with E-state index in [-0.39, 0.29) is 18.6 Å². The smallest absolute Gasteiger partial charge is 0.332 e. The highest BCUT2D eigenvalue weighted by atomic mass is 35.5. The molecule has 20 heavy (non-hydrogen) atoms. The van der Waals surface area contributed by atoms with E-state index in [4.69, 9.17) is 21.4 Å². The van der Waals surface area contributed by atoms with Crippen molar-refractivity contribution in [2.24, 2.45) is 0 Å². The second kappa shape index (κ2) is 6.24. The van der Waals surface area contributed by atoms with Crippen molar-refractivity contribution in [3.05, 3.63) is 34.3 Å². The fourth-order valence-electron chi connectivity index (χ4n) is 2.14. The zero-order valence-corrected chi connectivity index (χ0v) is 11.8. The standard InChI is InChI=1S/C14H16ClNO4/c1-8-2-4-10(11(15)6-8)13(17)16-7-9-3-5-12(20-9)14(18)19/h2,4,6,9,12H,3,5,7H2,1H3,(H,16,17)(H,18,19). The van der Waals surface area contributed by atoms with Crippen LogP contribution in [0.4, 0.5) is 0 Å². The van der Waals surface area contributed by atoms with Crippen molar-refractivity contribution >= 4 is 23.5 Å². The van der Waals surface area contributed by atoms with Crippen LogP contribution < -0.4 is 5.32 Å². The molecule has 2 unspecified atom stereocenters. The molecule has 1 heterocycles. The van der Waals surface area contributed by atoms with Gasteiger partial charge in [0.2, 0.25) is 0 Å². The number of aliphatic carboxylic acids is 1. The molecule has 0 bridgehead atoms. The first kappa shape index (κ1) is 14.8. The Balaban J connectivity index is 1.88. The van der Waals surface area contributed by atoms with Crippen LogP contribution in [0.25, 0.3) is 0 Å². The number of carboxylic acid groups (broad SMARTS) is 1. The number of rotatable bonds is 4. The number of carbonyl (C=O) groups excluding carboxylic acids is 1.